The number of carbonyl (C=O) groups is 1. The number of hydrogen-bond acceptors (Lipinski definition) is 5. The summed E-state index contributed by atoms with van der Waals surface area (Å²) in [7, 11) is 0. The molecule has 0 aliphatic rings. The van der Waals surface area contributed by atoms with E-state index >= 15 is 0 Å². The predicted octanol–water partition coefficient (Wildman–Crippen LogP) is 3.13. The van der Waals surface area contributed by atoms with Crippen molar-refractivity contribution in [3.63, 3.8) is 0 Å². The van der Waals surface area contributed by atoms with Gasteiger partial charge in [-0.15, -0.1) is 10.2 Å². The molecule has 0 unspecified atom stereocenters. The van der Waals surface area contributed by atoms with Gasteiger partial charge in [-0.25, -0.2) is 0 Å². The van der Waals surface area contributed by atoms with Crippen LogP contribution in [-0.4, -0.2) is 22.7 Å². The van der Waals surface area contributed by atoms with Crippen LogP contribution < -0.4 is 10.1 Å². The van der Waals surface area contributed by atoms with Crippen LogP contribution >= 0.6 is 0 Å². The number of para-hydroxylation sites is 1. The average molecular weight is 337 g/mol. The second-order valence-electron chi connectivity index (χ2n) is 5.50. The van der Waals surface area contributed by atoms with Gasteiger partial charge in [0.15, 0.2) is 0 Å². The van der Waals surface area contributed by atoms with Gasteiger partial charge in [-0.2, -0.15) is 0 Å². The van der Waals surface area contributed by atoms with E-state index < -0.39 is 0 Å². The first kappa shape index (κ1) is 16.7. The fraction of sp³-hybridized carbons (Fsp3) is 0.211. The minimum absolute atomic E-state index is 0.133. The number of aryl methyl sites for hydroxylation is 1. The summed E-state index contributed by atoms with van der Waals surface area (Å²) in [6.45, 7) is 2.49. The third-order valence-electron chi connectivity index (χ3n) is 3.62. The summed E-state index contributed by atoms with van der Waals surface area (Å²) in [5, 5.41) is 10.8. The van der Waals surface area contributed by atoms with E-state index in [0.717, 1.165) is 16.9 Å². The van der Waals surface area contributed by atoms with Crippen molar-refractivity contribution >= 4 is 5.91 Å². The summed E-state index contributed by atoms with van der Waals surface area (Å²) >= 11 is 0. The first-order valence-corrected chi connectivity index (χ1v) is 8.05. The lowest BCUT2D eigenvalue weighted by atomic mass is 10.1. The first-order valence-electron chi connectivity index (χ1n) is 8.05. The largest absolute Gasteiger partial charge is 0.493 e. The highest BCUT2D eigenvalue weighted by atomic mass is 16.5. The van der Waals surface area contributed by atoms with Crippen molar-refractivity contribution in [2.45, 2.75) is 19.9 Å². The average Bonchev–Trinajstić information content (AvgIpc) is 3.10. The SMILES string of the molecule is Cc1ccccc1-c1nnc(CNC(=O)CCOc2ccccc2)o1. The molecule has 25 heavy (non-hydrogen) atoms. The van der Waals surface area contributed by atoms with Crippen molar-refractivity contribution in [2.75, 3.05) is 6.61 Å². The van der Waals surface area contributed by atoms with Gasteiger partial charge < -0.3 is 14.5 Å². The molecule has 6 heteroatoms. The zero-order valence-electron chi connectivity index (χ0n) is 13.9. The zero-order valence-corrected chi connectivity index (χ0v) is 13.9. The van der Waals surface area contributed by atoms with Crippen LogP contribution in [0.4, 0.5) is 0 Å². The van der Waals surface area contributed by atoms with Crippen LogP contribution in [0.25, 0.3) is 11.5 Å². The van der Waals surface area contributed by atoms with Crippen molar-refractivity contribution in [1.29, 1.82) is 0 Å². The molecule has 0 atom stereocenters. The van der Waals surface area contributed by atoms with Crippen molar-refractivity contribution in [1.82, 2.24) is 15.5 Å². The second kappa shape index (κ2) is 8.10. The van der Waals surface area contributed by atoms with Crippen LogP contribution in [0.15, 0.2) is 59.0 Å². The Labute approximate surface area is 145 Å². The fourth-order valence-electron chi connectivity index (χ4n) is 2.29. The third kappa shape index (κ3) is 4.67. The maximum absolute atomic E-state index is 11.9. The summed E-state index contributed by atoms with van der Waals surface area (Å²) < 4.78 is 11.1. The maximum atomic E-state index is 11.9. The lowest BCUT2D eigenvalue weighted by molar-refractivity contribution is -0.121. The Morgan fingerprint density at radius 3 is 2.64 bits per heavy atom. The number of amides is 1. The molecule has 1 amide bonds. The Morgan fingerprint density at radius 1 is 1.08 bits per heavy atom. The van der Waals surface area contributed by atoms with Crippen LogP contribution in [0.2, 0.25) is 0 Å². The molecule has 128 valence electrons. The summed E-state index contributed by atoms with van der Waals surface area (Å²) in [6, 6.07) is 17.2. The standard InChI is InChI=1S/C19H19N3O3/c1-14-7-5-6-10-16(14)19-22-21-18(25-19)13-20-17(23)11-12-24-15-8-3-2-4-9-15/h2-10H,11-13H2,1H3,(H,20,23). The van der Waals surface area contributed by atoms with Gasteiger partial charge in [-0.1, -0.05) is 36.4 Å². The second-order valence-corrected chi connectivity index (χ2v) is 5.50. The molecule has 3 rings (SSSR count). The van der Waals surface area contributed by atoms with E-state index in [4.69, 9.17) is 9.15 Å². The molecule has 1 N–H and O–H groups in total. The highest BCUT2D eigenvalue weighted by Crippen LogP contribution is 2.21. The van der Waals surface area contributed by atoms with Gasteiger partial charge in [0.2, 0.25) is 17.7 Å². The fourth-order valence-corrected chi connectivity index (χ4v) is 2.29. The van der Waals surface area contributed by atoms with E-state index in [9.17, 15) is 4.79 Å². The predicted molar refractivity (Wildman–Crippen MR) is 92.9 cm³/mol. The number of nitrogens with zero attached hydrogens (tertiary/aromatic N) is 2. The van der Waals surface area contributed by atoms with Gasteiger partial charge >= 0.3 is 0 Å². The van der Waals surface area contributed by atoms with Gasteiger partial charge in [0.25, 0.3) is 0 Å². The first-order chi connectivity index (χ1) is 12.2. The summed E-state index contributed by atoms with van der Waals surface area (Å²) in [4.78, 5) is 11.9. The summed E-state index contributed by atoms with van der Waals surface area (Å²) in [5.41, 5.74) is 1.95. The van der Waals surface area contributed by atoms with E-state index in [0.29, 0.717) is 18.4 Å². The molecule has 3 aromatic rings. The highest BCUT2D eigenvalue weighted by Gasteiger charge is 2.11. The van der Waals surface area contributed by atoms with Gasteiger partial charge in [-0.05, 0) is 30.7 Å². The minimum atomic E-state index is -0.133. The van der Waals surface area contributed by atoms with E-state index in [1.54, 1.807) is 0 Å². The number of ether oxygens (including phenoxy) is 1. The lowest BCUT2D eigenvalue weighted by Gasteiger charge is -2.05. The summed E-state index contributed by atoms with van der Waals surface area (Å²) in [6.07, 6.45) is 0.258. The monoisotopic (exact) mass is 337 g/mol. The van der Waals surface area contributed by atoms with Crippen LogP contribution in [0.3, 0.4) is 0 Å². The molecule has 0 aliphatic heterocycles. The molecule has 0 radical (unpaired) electrons. The molecule has 0 aliphatic carbocycles. The third-order valence-corrected chi connectivity index (χ3v) is 3.62. The van der Waals surface area contributed by atoms with Crippen LogP contribution in [0.5, 0.6) is 5.75 Å². The Balaban J connectivity index is 1.46. The van der Waals surface area contributed by atoms with Crippen LogP contribution in [0, 0.1) is 6.92 Å². The van der Waals surface area contributed by atoms with Crippen molar-refractivity contribution in [3.05, 3.63) is 66.1 Å². The quantitative estimate of drug-likeness (QED) is 0.717. The zero-order chi connectivity index (χ0) is 17.5. The Bertz CT molecular complexity index is 831. The normalized spacial score (nSPS) is 10.4. The molecule has 1 aromatic heterocycles. The Morgan fingerprint density at radius 2 is 1.84 bits per heavy atom. The topological polar surface area (TPSA) is 77.2 Å². The molecular formula is C19H19N3O3. The molecule has 0 bridgehead atoms. The number of hydrogen-bond donors (Lipinski definition) is 1. The number of nitrogens with one attached hydrogen (secondary N) is 1. The molecule has 0 saturated heterocycles. The lowest BCUT2D eigenvalue weighted by Crippen LogP contribution is -2.24. The molecule has 2 aromatic carbocycles. The van der Waals surface area contributed by atoms with E-state index in [1.165, 1.54) is 0 Å². The van der Waals surface area contributed by atoms with Gasteiger partial charge in [0.1, 0.15) is 5.75 Å². The van der Waals surface area contributed by atoms with Crippen LogP contribution in [0.1, 0.15) is 17.9 Å². The van der Waals surface area contributed by atoms with Crippen molar-refractivity contribution in [2.24, 2.45) is 0 Å². The number of rotatable bonds is 7. The highest BCUT2D eigenvalue weighted by molar-refractivity contribution is 5.75. The Kier molecular flexibility index (Phi) is 5.41. The van der Waals surface area contributed by atoms with E-state index in [-0.39, 0.29) is 18.9 Å². The smallest absolute Gasteiger partial charge is 0.248 e. The number of aromatic nitrogens is 2. The minimum Gasteiger partial charge on any atom is -0.493 e. The van der Waals surface area contributed by atoms with Crippen LogP contribution in [-0.2, 0) is 11.3 Å². The van der Waals surface area contributed by atoms with Crippen molar-refractivity contribution < 1.29 is 13.9 Å². The maximum Gasteiger partial charge on any atom is 0.248 e. The number of benzene rings is 2. The Hall–Kier alpha value is -3.15. The van der Waals surface area contributed by atoms with Gasteiger partial charge in [-0.3, -0.25) is 4.79 Å². The van der Waals surface area contributed by atoms with E-state index in [1.807, 2.05) is 61.5 Å². The number of carbonyl (C=O) groups excluding carboxylic acids is 1. The van der Waals surface area contributed by atoms with Gasteiger partial charge in [0, 0.05) is 5.56 Å². The molecular weight excluding hydrogens is 318 g/mol. The van der Waals surface area contributed by atoms with Crippen molar-refractivity contribution in [3.8, 4) is 17.2 Å². The molecule has 0 saturated carbocycles. The summed E-state index contributed by atoms with van der Waals surface area (Å²) in [5.74, 6) is 1.44. The molecule has 1 heterocycles. The molecule has 0 spiro atoms. The molecule has 6 nitrogen and oxygen atoms in total. The van der Waals surface area contributed by atoms with E-state index in [2.05, 4.69) is 15.5 Å². The molecule has 0 fully saturated rings. The van der Waals surface area contributed by atoms with Gasteiger partial charge in [0.05, 0.1) is 19.6 Å².